The van der Waals surface area contributed by atoms with E-state index < -0.39 is 7.05 Å². The molecule has 76 valence electrons. The quantitative estimate of drug-likeness (QED) is 0.554. The fraction of sp³-hybridized carbons (Fsp3) is 0.333. The standard InChI is InChI=1S/C9H14BBrN2O/c1-10(14)13-7-6-12-9-4-2-8(11)3-5-9/h2-5,12-14H,6-7H2,1H3. The fourth-order valence-corrected chi connectivity index (χ4v) is 1.32. The van der Waals surface area contributed by atoms with E-state index in [9.17, 15) is 0 Å². The molecule has 0 aliphatic carbocycles. The average Bonchev–Trinajstić information content (AvgIpc) is 2.15. The van der Waals surface area contributed by atoms with Gasteiger partial charge in [-0.25, -0.2) is 0 Å². The van der Waals surface area contributed by atoms with E-state index in [0.29, 0.717) is 0 Å². The molecule has 0 atom stereocenters. The monoisotopic (exact) mass is 256 g/mol. The smallest absolute Gasteiger partial charge is 0.373 e. The predicted molar refractivity (Wildman–Crippen MR) is 64.5 cm³/mol. The fourth-order valence-electron chi connectivity index (χ4n) is 1.06. The molecule has 0 radical (unpaired) electrons. The molecule has 1 aromatic rings. The van der Waals surface area contributed by atoms with Crippen LogP contribution in [0.2, 0.25) is 6.82 Å². The molecule has 0 aliphatic rings. The third-order valence-electron chi connectivity index (χ3n) is 1.74. The van der Waals surface area contributed by atoms with Gasteiger partial charge in [0.15, 0.2) is 0 Å². The second-order valence-corrected chi connectivity index (χ2v) is 3.98. The number of halogens is 1. The van der Waals surface area contributed by atoms with Crippen LogP contribution in [0.3, 0.4) is 0 Å². The summed E-state index contributed by atoms with van der Waals surface area (Å²) in [7, 11) is -0.443. The number of benzene rings is 1. The van der Waals surface area contributed by atoms with Gasteiger partial charge < -0.3 is 15.6 Å². The lowest BCUT2D eigenvalue weighted by Gasteiger charge is -2.07. The Balaban J connectivity index is 2.21. The van der Waals surface area contributed by atoms with Crippen LogP contribution in [0.25, 0.3) is 0 Å². The Hall–Kier alpha value is -0.515. The van der Waals surface area contributed by atoms with Gasteiger partial charge in [0.1, 0.15) is 0 Å². The Labute approximate surface area is 93.2 Å². The molecule has 0 saturated carbocycles. The highest BCUT2D eigenvalue weighted by molar-refractivity contribution is 9.10. The van der Waals surface area contributed by atoms with Crippen molar-refractivity contribution in [2.75, 3.05) is 18.4 Å². The summed E-state index contributed by atoms with van der Waals surface area (Å²) in [6.45, 7) is 3.25. The van der Waals surface area contributed by atoms with Gasteiger partial charge in [0.2, 0.25) is 0 Å². The maximum atomic E-state index is 8.94. The van der Waals surface area contributed by atoms with Crippen LogP contribution in [-0.4, -0.2) is 25.2 Å². The zero-order valence-electron chi connectivity index (χ0n) is 8.13. The number of hydrogen-bond donors (Lipinski definition) is 3. The van der Waals surface area contributed by atoms with Crippen LogP contribution < -0.4 is 10.5 Å². The molecule has 0 bridgehead atoms. The Morgan fingerprint density at radius 2 is 1.93 bits per heavy atom. The third kappa shape index (κ3) is 4.65. The zero-order chi connectivity index (χ0) is 10.4. The highest BCUT2D eigenvalue weighted by Gasteiger charge is 1.98. The highest BCUT2D eigenvalue weighted by atomic mass is 79.9. The Bertz CT molecular complexity index is 266. The second kappa shape index (κ2) is 6.06. The molecule has 0 fully saturated rings. The lowest BCUT2D eigenvalue weighted by molar-refractivity contribution is 0.556. The molecule has 3 nitrogen and oxygen atoms in total. The molecule has 0 heterocycles. The molecule has 14 heavy (non-hydrogen) atoms. The summed E-state index contributed by atoms with van der Waals surface area (Å²) >= 11 is 3.37. The van der Waals surface area contributed by atoms with E-state index in [0.717, 1.165) is 23.2 Å². The van der Waals surface area contributed by atoms with Crippen LogP contribution in [0, 0.1) is 0 Å². The Morgan fingerprint density at radius 1 is 1.29 bits per heavy atom. The summed E-state index contributed by atoms with van der Waals surface area (Å²) in [5, 5.41) is 15.1. The maximum Gasteiger partial charge on any atom is 0.373 e. The van der Waals surface area contributed by atoms with E-state index in [1.807, 2.05) is 24.3 Å². The summed E-state index contributed by atoms with van der Waals surface area (Å²) in [5.74, 6) is 0. The SMILES string of the molecule is CB(O)NCCNc1ccc(Br)cc1. The van der Waals surface area contributed by atoms with E-state index in [1.54, 1.807) is 6.82 Å². The van der Waals surface area contributed by atoms with Gasteiger partial charge >= 0.3 is 7.05 Å². The first kappa shape index (κ1) is 11.6. The summed E-state index contributed by atoms with van der Waals surface area (Å²) in [6, 6.07) is 7.99. The predicted octanol–water partition coefficient (Wildman–Crippen LogP) is 1.56. The van der Waals surface area contributed by atoms with E-state index in [2.05, 4.69) is 26.5 Å². The van der Waals surface area contributed by atoms with Crippen LogP contribution in [-0.2, 0) is 0 Å². The molecule has 3 N–H and O–H groups in total. The van der Waals surface area contributed by atoms with E-state index in [1.165, 1.54) is 0 Å². The molecule has 0 aliphatic heterocycles. The van der Waals surface area contributed by atoms with Crippen molar-refractivity contribution in [1.82, 2.24) is 5.23 Å². The van der Waals surface area contributed by atoms with Gasteiger partial charge in [-0.05, 0) is 31.1 Å². The largest absolute Gasteiger partial charge is 0.437 e. The summed E-state index contributed by atoms with van der Waals surface area (Å²) in [5.41, 5.74) is 1.08. The van der Waals surface area contributed by atoms with E-state index in [-0.39, 0.29) is 0 Å². The molecule has 0 saturated heterocycles. The van der Waals surface area contributed by atoms with Gasteiger partial charge in [-0.3, -0.25) is 0 Å². The minimum absolute atomic E-state index is 0.443. The molecule has 0 spiro atoms. The first-order valence-electron chi connectivity index (χ1n) is 4.59. The van der Waals surface area contributed by atoms with Crippen LogP contribution in [0.4, 0.5) is 5.69 Å². The van der Waals surface area contributed by atoms with Gasteiger partial charge in [0, 0.05) is 23.2 Å². The maximum absolute atomic E-state index is 8.94. The summed E-state index contributed by atoms with van der Waals surface area (Å²) in [4.78, 5) is 0. The van der Waals surface area contributed by atoms with Crippen molar-refractivity contribution in [3.63, 3.8) is 0 Å². The third-order valence-corrected chi connectivity index (χ3v) is 2.27. The minimum Gasteiger partial charge on any atom is -0.437 e. The number of rotatable bonds is 5. The van der Waals surface area contributed by atoms with Gasteiger partial charge in [0.25, 0.3) is 0 Å². The Kier molecular flexibility index (Phi) is 5.00. The van der Waals surface area contributed by atoms with Crippen molar-refractivity contribution in [2.24, 2.45) is 0 Å². The molecule has 1 rings (SSSR count). The van der Waals surface area contributed by atoms with Crippen molar-refractivity contribution in [2.45, 2.75) is 6.82 Å². The number of hydrogen-bond acceptors (Lipinski definition) is 3. The second-order valence-electron chi connectivity index (χ2n) is 3.06. The molecule has 0 amide bonds. The molecular weight excluding hydrogens is 243 g/mol. The first-order chi connectivity index (χ1) is 6.68. The highest BCUT2D eigenvalue weighted by Crippen LogP contribution is 2.13. The molecule has 0 unspecified atom stereocenters. The van der Waals surface area contributed by atoms with E-state index >= 15 is 0 Å². The Morgan fingerprint density at radius 3 is 2.50 bits per heavy atom. The van der Waals surface area contributed by atoms with E-state index in [4.69, 9.17) is 5.02 Å². The van der Waals surface area contributed by atoms with Crippen molar-refractivity contribution in [3.8, 4) is 0 Å². The van der Waals surface area contributed by atoms with Crippen molar-refractivity contribution in [1.29, 1.82) is 0 Å². The lowest BCUT2D eigenvalue weighted by atomic mass is 9.89. The molecule has 1 aromatic carbocycles. The van der Waals surface area contributed by atoms with Crippen LogP contribution in [0.5, 0.6) is 0 Å². The van der Waals surface area contributed by atoms with Gasteiger partial charge in [-0.15, -0.1) is 0 Å². The molecular formula is C9H14BBrN2O. The van der Waals surface area contributed by atoms with Crippen molar-refractivity contribution in [3.05, 3.63) is 28.7 Å². The average molecular weight is 257 g/mol. The summed E-state index contributed by atoms with van der Waals surface area (Å²) < 4.78 is 1.07. The van der Waals surface area contributed by atoms with Gasteiger partial charge in [0.05, 0.1) is 0 Å². The number of anilines is 1. The number of nitrogens with one attached hydrogen (secondary N) is 2. The zero-order valence-corrected chi connectivity index (χ0v) is 9.71. The molecule has 5 heteroatoms. The van der Waals surface area contributed by atoms with Crippen LogP contribution in [0.1, 0.15) is 0 Å². The first-order valence-corrected chi connectivity index (χ1v) is 5.38. The van der Waals surface area contributed by atoms with Gasteiger partial charge in [-0.2, -0.15) is 0 Å². The van der Waals surface area contributed by atoms with Crippen LogP contribution >= 0.6 is 15.9 Å². The van der Waals surface area contributed by atoms with Crippen LogP contribution in [0.15, 0.2) is 28.7 Å². The topological polar surface area (TPSA) is 44.3 Å². The summed E-state index contributed by atoms with van der Waals surface area (Å²) in [6.07, 6.45) is 0. The minimum atomic E-state index is -0.443. The van der Waals surface area contributed by atoms with Gasteiger partial charge in [-0.1, -0.05) is 15.9 Å². The van der Waals surface area contributed by atoms with Crippen molar-refractivity contribution < 1.29 is 5.02 Å². The lowest BCUT2D eigenvalue weighted by Crippen LogP contribution is -2.34. The normalized spacial score (nSPS) is 9.93. The molecule has 0 aromatic heterocycles. The van der Waals surface area contributed by atoms with Crippen molar-refractivity contribution >= 4 is 28.7 Å².